The van der Waals surface area contributed by atoms with Gasteiger partial charge in [0.1, 0.15) is 11.2 Å². The average Bonchev–Trinajstić information content (AvgIpc) is 3.63. The summed E-state index contributed by atoms with van der Waals surface area (Å²) < 4.78 is 5.25. The SMILES string of the molecule is CCCC(=O)Nc1cncc(-c2ccc3[nH]nc(-c4cc5c(-c6ccoc6)nccc5[nH]4)c3n2)c1. The molecule has 0 atom stereocenters. The number of fused-ring (bicyclic) bond motifs is 2. The molecule has 1 amide bonds. The standard InChI is InChI=1S/C26H21N7O2/c1-2-3-23(34)29-17-10-16(12-27-13-17)19-4-5-21-25(31-19)26(33-32-21)22-11-18-20(30-22)6-8-28-24(18)15-7-9-35-14-15/h4-14,30H,2-3H2,1H3,(H,29,34)(H,32,33). The van der Waals surface area contributed by atoms with E-state index in [0.717, 1.165) is 56.6 Å². The Balaban J connectivity index is 1.40. The highest BCUT2D eigenvalue weighted by Crippen LogP contribution is 2.33. The van der Waals surface area contributed by atoms with Crippen molar-refractivity contribution in [2.75, 3.05) is 5.32 Å². The topological polar surface area (TPSA) is 125 Å². The molecule has 9 nitrogen and oxygen atoms in total. The van der Waals surface area contributed by atoms with Crippen LogP contribution < -0.4 is 5.32 Å². The van der Waals surface area contributed by atoms with Crippen molar-refractivity contribution in [3.8, 4) is 33.9 Å². The molecular formula is C26H21N7O2. The summed E-state index contributed by atoms with van der Waals surface area (Å²) in [5.74, 6) is -0.0323. The number of hydrogen-bond donors (Lipinski definition) is 3. The average molecular weight is 464 g/mol. The second-order valence-electron chi connectivity index (χ2n) is 8.24. The van der Waals surface area contributed by atoms with Gasteiger partial charge in [0.05, 0.1) is 47.0 Å². The molecule has 6 rings (SSSR count). The maximum Gasteiger partial charge on any atom is 0.224 e. The van der Waals surface area contributed by atoms with E-state index in [1.807, 2.05) is 43.3 Å². The van der Waals surface area contributed by atoms with E-state index in [4.69, 9.17) is 9.40 Å². The molecule has 0 unspecified atom stereocenters. The number of H-pyrrole nitrogens is 2. The van der Waals surface area contributed by atoms with Crippen LogP contribution in [0.15, 0.2) is 71.9 Å². The first-order chi connectivity index (χ1) is 17.2. The number of anilines is 1. The van der Waals surface area contributed by atoms with Gasteiger partial charge in [-0.15, -0.1) is 0 Å². The minimum absolute atomic E-state index is 0.0323. The second kappa shape index (κ2) is 8.53. The van der Waals surface area contributed by atoms with Gasteiger partial charge in [-0.2, -0.15) is 5.10 Å². The van der Waals surface area contributed by atoms with Gasteiger partial charge in [-0.05, 0) is 42.8 Å². The van der Waals surface area contributed by atoms with Crippen molar-refractivity contribution in [1.29, 1.82) is 0 Å². The van der Waals surface area contributed by atoms with Crippen LogP contribution in [0.25, 0.3) is 55.8 Å². The van der Waals surface area contributed by atoms with Gasteiger partial charge >= 0.3 is 0 Å². The van der Waals surface area contributed by atoms with Crippen molar-refractivity contribution >= 4 is 33.5 Å². The van der Waals surface area contributed by atoms with Crippen LogP contribution in [-0.4, -0.2) is 36.0 Å². The zero-order valence-electron chi connectivity index (χ0n) is 18.9. The molecule has 0 bridgehead atoms. The fraction of sp³-hybridized carbons (Fsp3) is 0.115. The summed E-state index contributed by atoms with van der Waals surface area (Å²) in [6.45, 7) is 1.97. The molecule has 0 aliphatic carbocycles. The molecule has 6 aromatic heterocycles. The summed E-state index contributed by atoms with van der Waals surface area (Å²) in [6.07, 6.45) is 9.70. The van der Waals surface area contributed by atoms with Crippen molar-refractivity contribution in [3.05, 3.63) is 67.5 Å². The summed E-state index contributed by atoms with van der Waals surface area (Å²) in [4.78, 5) is 29.1. The van der Waals surface area contributed by atoms with Crippen LogP contribution in [0.1, 0.15) is 19.8 Å². The van der Waals surface area contributed by atoms with Gasteiger partial charge in [0.15, 0.2) is 0 Å². The van der Waals surface area contributed by atoms with Crippen molar-refractivity contribution < 1.29 is 9.21 Å². The molecule has 0 saturated heterocycles. The molecule has 6 heterocycles. The van der Waals surface area contributed by atoms with E-state index in [1.54, 1.807) is 31.1 Å². The van der Waals surface area contributed by atoms with Gasteiger partial charge < -0.3 is 14.7 Å². The van der Waals surface area contributed by atoms with Gasteiger partial charge in [-0.25, -0.2) is 4.98 Å². The summed E-state index contributed by atoms with van der Waals surface area (Å²) >= 11 is 0. The summed E-state index contributed by atoms with van der Waals surface area (Å²) in [7, 11) is 0. The molecule has 0 aliphatic rings. The zero-order valence-corrected chi connectivity index (χ0v) is 18.9. The van der Waals surface area contributed by atoms with Crippen molar-refractivity contribution in [2.45, 2.75) is 19.8 Å². The van der Waals surface area contributed by atoms with Crippen LogP contribution in [0, 0.1) is 0 Å². The van der Waals surface area contributed by atoms with E-state index >= 15 is 0 Å². The molecule has 0 aliphatic heterocycles. The van der Waals surface area contributed by atoms with Crippen LogP contribution in [0.2, 0.25) is 0 Å². The zero-order chi connectivity index (χ0) is 23.8. The third kappa shape index (κ3) is 3.82. The number of amides is 1. The van der Waals surface area contributed by atoms with Gasteiger partial charge in [0.25, 0.3) is 0 Å². The number of nitrogens with zero attached hydrogens (tertiary/aromatic N) is 4. The molecule has 35 heavy (non-hydrogen) atoms. The number of aromatic nitrogens is 6. The fourth-order valence-electron chi connectivity index (χ4n) is 4.16. The molecule has 0 fully saturated rings. The maximum absolute atomic E-state index is 12.0. The lowest BCUT2D eigenvalue weighted by Crippen LogP contribution is -2.10. The number of rotatable bonds is 6. The van der Waals surface area contributed by atoms with Gasteiger partial charge in [0.2, 0.25) is 5.91 Å². The summed E-state index contributed by atoms with van der Waals surface area (Å²) in [5.41, 5.74) is 7.94. The molecule has 3 N–H and O–H groups in total. The normalized spacial score (nSPS) is 11.3. The third-order valence-corrected chi connectivity index (χ3v) is 5.80. The number of carbonyl (C=O) groups is 1. The van der Waals surface area contributed by atoms with E-state index in [1.165, 1.54) is 0 Å². The highest BCUT2D eigenvalue weighted by Gasteiger charge is 2.16. The van der Waals surface area contributed by atoms with Gasteiger partial charge in [-0.3, -0.25) is 19.9 Å². The third-order valence-electron chi connectivity index (χ3n) is 5.80. The number of pyridine rings is 3. The molecule has 0 spiro atoms. The van der Waals surface area contributed by atoms with Crippen LogP contribution >= 0.6 is 0 Å². The van der Waals surface area contributed by atoms with Crippen molar-refractivity contribution in [3.63, 3.8) is 0 Å². The first kappa shape index (κ1) is 20.8. The highest BCUT2D eigenvalue weighted by atomic mass is 16.3. The molecule has 9 heteroatoms. The number of carbonyl (C=O) groups excluding carboxylic acids is 1. The van der Waals surface area contributed by atoms with E-state index in [-0.39, 0.29) is 5.91 Å². The smallest absolute Gasteiger partial charge is 0.224 e. The Labute approximate surface area is 199 Å². The van der Waals surface area contributed by atoms with Crippen LogP contribution in [0.5, 0.6) is 0 Å². The number of nitrogens with one attached hydrogen (secondary N) is 3. The maximum atomic E-state index is 12.0. The summed E-state index contributed by atoms with van der Waals surface area (Å²) in [6, 6.07) is 11.6. The molecule has 0 radical (unpaired) electrons. The quantitative estimate of drug-likeness (QED) is 0.297. The van der Waals surface area contributed by atoms with Gasteiger partial charge in [-0.1, -0.05) is 6.92 Å². The molecule has 0 aromatic carbocycles. The Morgan fingerprint density at radius 1 is 1.06 bits per heavy atom. The summed E-state index contributed by atoms with van der Waals surface area (Å²) in [5, 5.41) is 11.5. The Morgan fingerprint density at radius 3 is 2.86 bits per heavy atom. The van der Waals surface area contributed by atoms with E-state index in [2.05, 4.69) is 30.5 Å². The first-order valence-corrected chi connectivity index (χ1v) is 11.3. The minimum Gasteiger partial charge on any atom is -0.472 e. The Hall–Kier alpha value is -4.79. The number of aromatic amines is 2. The number of furan rings is 1. The lowest BCUT2D eigenvalue weighted by atomic mass is 10.1. The lowest BCUT2D eigenvalue weighted by molar-refractivity contribution is -0.116. The predicted octanol–water partition coefficient (Wildman–Crippen LogP) is 5.56. The number of hydrogen-bond acceptors (Lipinski definition) is 6. The van der Waals surface area contributed by atoms with Crippen LogP contribution in [-0.2, 0) is 4.79 Å². The van der Waals surface area contributed by atoms with E-state index < -0.39 is 0 Å². The fourth-order valence-corrected chi connectivity index (χ4v) is 4.16. The Bertz CT molecular complexity index is 1660. The molecule has 0 saturated carbocycles. The van der Waals surface area contributed by atoms with Crippen LogP contribution in [0.3, 0.4) is 0 Å². The monoisotopic (exact) mass is 463 g/mol. The molecular weight excluding hydrogens is 442 g/mol. The molecule has 172 valence electrons. The van der Waals surface area contributed by atoms with Gasteiger partial charge in [0, 0.05) is 40.8 Å². The van der Waals surface area contributed by atoms with Crippen molar-refractivity contribution in [1.82, 2.24) is 30.1 Å². The Morgan fingerprint density at radius 2 is 2.00 bits per heavy atom. The van der Waals surface area contributed by atoms with Crippen LogP contribution in [0.4, 0.5) is 5.69 Å². The predicted molar refractivity (Wildman–Crippen MR) is 133 cm³/mol. The second-order valence-corrected chi connectivity index (χ2v) is 8.24. The molecule has 6 aromatic rings. The first-order valence-electron chi connectivity index (χ1n) is 11.3. The Kier molecular flexibility index (Phi) is 5.07. The largest absolute Gasteiger partial charge is 0.472 e. The van der Waals surface area contributed by atoms with E-state index in [9.17, 15) is 4.79 Å². The highest BCUT2D eigenvalue weighted by molar-refractivity contribution is 5.99. The lowest BCUT2D eigenvalue weighted by Gasteiger charge is -2.06. The van der Waals surface area contributed by atoms with Crippen molar-refractivity contribution in [2.24, 2.45) is 0 Å². The minimum atomic E-state index is -0.0323. The van der Waals surface area contributed by atoms with E-state index in [0.29, 0.717) is 17.8 Å².